The number of piperidine rings is 1. The van der Waals surface area contributed by atoms with Gasteiger partial charge in [-0.3, -0.25) is 9.78 Å². The van der Waals surface area contributed by atoms with Crippen LogP contribution in [0.2, 0.25) is 0 Å². The number of amides is 1. The molecule has 1 atom stereocenters. The largest absolute Gasteiger partial charge is 0.332 e. The van der Waals surface area contributed by atoms with Crippen molar-refractivity contribution in [1.29, 1.82) is 0 Å². The Morgan fingerprint density at radius 3 is 3.00 bits per heavy atom. The summed E-state index contributed by atoms with van der Waals surface area (Å²) in [5.41, 5.74) is 2.62. The number of hydrogen-bond donors (Lipinski definition) is 1. The van der Waals surface area contributed by atoms with Gasteiger partial charge in [0.1, 0.15) is 11.5 Å². The van der Waals surface area contributed by atoms with Gasteiger partial charge in [0.05, 0.1) is 11.7 Å². The highest BCUT2D eigenvalue weighted by molar-refractivity contribution is 5.92. The van der Waals surface area contributed by atoms with E-state index in [1.54, 1.807) is 12.3 Å². The lowest BCUT2D eigenvalue weighted by Crippen LogP contribution is -2.37. The van der Waals surface area contributed by atoms with E-state index in [1.807, 2.05) is 23.2 Å². The van der Waals surface area contributed by atoms with Crippen molar-refractivity contribution in [2.24, 2.45) is 0 Å². The zero-order valence-electron chi connectivity index (χ0n) is 13.6. The molecule has 4 heterocycles. The second-order valence-corrected chi connectivity index (χ2v) is 6.39. The number of fused-ring (bicyclic) bond motifs is 1. The minimum atomic E-state index is -0.0285. The molecule has 6 nitrogen and oxygen atoms in total. The normalized spacial score (nSPS) is 20.5. The van der Waals surface area contributed by atoms with Gasteiger partial charge in [0.2, 0.25) is 0 Å². The highest BCUT2D eigenvalue weighted by Crippen LogP contribution is 2.23. The fourth-order valence-corrected chi connectivity index (χ4v) is 3.40. The molecule has 4 rings (SSSR count). The van der Waals surface area contributed by atoms with Gasteiger partial charge in [-0.25, -0.2) is 9.97 Å². The van der Waals surface area contributed by atoms with Gasteiger partial charge in [0.15, 0.2) is 0 Å². The number of nitrogens with one attached hydrogen (secondary N) is 1. The maximum Gasteiger partial charge on any atom is 0.272 e. The number of rotatable bonds is 2. The van der Waals surface area contributed by atoms with E-state index < -0.39 is 0 Å². The summed E-state index contributed by atoms with van der Waals surface area (Å²) in [5, 5.41) is 3.49. The summed E-state index contributed by atoms with van der Waals surface area (Å²) in [6.45, 7) is 2.28. The maximum atomic E-state index is 12.5. The summed E-state index contributed by atoms with van der Waals surface area (Å²) < 4.78 is 0. The molecule has 0 unspecified atom stereocenters. The molecule has 1 N–H and O–H groups in total. The Kier molecular flexibility index (Phi) is 4.21. The molecule has 6 heteroatoms. The summed E-state index contributed by atoms with van der Waals surface area (Å²) in [7, 11) is 0. The minimum Gasteiger partial charge on any atom is -0.332 e. The van der Waals surface area contributed by atoms with Gasteiger partial charge in [-0.15, -0.1) is 0 Å². The van der Waals surface area contributed by atoms with Crippen molar-refractivity contribution >= 4 is 5.91 Å². The van der Waals surface area contributed by atoms with Gasteiger partial charge in [-0.2, -0.15) is 0 Å². The van der Waals surface area contributed by atoms with Crippen LogP contribution in [0, 0.1) is 0 Å². The van der Waals surface area contributed by atoms with E-state index in [2.05, 4.69) is 15.3 Å². The molecule has 0 radical (unpaired) electrons. The third-order valence-electron chi connectivity index (χ3n) is 4.75. The van der Waals surface area contributed by atoms with Crippen molar-refractivity contribution in [2.75, 3.05) is 13.1 Å². The average molecular weight is 323 g/mol. The topological polar surface area (TPSA) is 71.0 Å². The van der Waals surface area contributed by atoms with Crippen molar-refractivity contribution in [3.8, 4) is 0 Å². The van der Waals surface area contributed by atoms with Crippen LogP contribution >= 0.6 is 0 Å². The van der Waals surface area contributed by atoms with Gasteiger partial charge in [-0.1, -0.05) is 12.5 Å². The molecule has 1 fully saturated rings. The Morgan fingerprint density at radius 1 is 1.25 bits per heavy atom. The minimum absolute atomic E-state index is 0.0285. The Hall–Kier alpha value is -2.34. The van der Waals surface area contributed by atoms with Crippen LogP contribution in [-0.4, -0.2) is 38.8 Å². The van der Waals surface area contributed by atoms with Crippen LogP contribution in [-0.2, 0) is 13.0 Å². The quantitative estimate of drug-likeness (QED) is 0.914. The third-order valence-corrected chi connectivity index (χ3v) is 4.75. The smallest absolute Gasteiger partial charge is 0.272 e. The Labute approximate surface area is 141 Å². The maximum absolute atomic E-state index is 12.5. The summed E-state index contributed by atoms with van der Waals surface area (Å²) >= 11 is 0. The Balaban J connectivity index is 1.50. The van der Waals surface area contributed by atoms with Crippen molar-refractivity contribution in [3.63, 3.8) is 0 Å². The van der Waals surface area contributed by atoms with Crippen LogP contribution in [0.5, 0.6) is 0 Å². The number of nitrogens with zero attached hydrogens (tertiary/aromatic N) is 4. The van der Waals surface area contributed by atoms with Crippen LogP contribution in [0.15, 0.2) is 30.6 Å². The molecule has 0 spiro atoms. The Bertz CT molecular complexity index is 727. The van der Waals surface area contributed by atoms with Gasteiger partial charge < -0.3 is 10.2 Å². The van der Waals surface area contributed by atoms with E-state index in [0.29, 0.717) is 18.8 Å². The molecule has 2 aromatic rings. The number of hydrogen-bond acceptors (Lipinski definition) is 5. The molecule has 1 saturated heterocycles. The van der Waals surface area contributed by atoms with Crippen molar-refractivity contribution in [3.05, 3.63) is 53.4 Å². The van der Waals surface area contributed by atoms with Crippen LogP contribution in [0.4, 0.5) is 0 Å². The number of carbonyl (C=O) groups is 1. The fraction of sp³-hybridized carbons (Fsp3) is 0.444. The lowest BCUT2D eigenvalue weighted by molar-refractivity contribution is 0.0727. The summed E-state index contributed by atoms with van der Waals surface area (Å²) in [6, 6.07) is 5.69. The first-order valence-corrected chi connectivity index (χ1v) is 8.59. The molecular weight excluding hydrogens is 302 g/mol. The highest BCUT2D eigenvalue weighted by atomic mass is 16.2. The molecule has 2 aromatic heterocycles. The molecule has 2 aliphatic rings. The van der Waals surface area contributed by atoms with E-state index in [4.69, 9.17) is 4.98 Å². The number of carbonyl (C=O) groups excluding carboxylic acids is 1. The summed E-state index contributed by atoms with van der Waals surface area (Å²) in [6.07, 6.45) is 7.87. The number of aromatic nitrogens is 3. The zero-order chi connectivity index (χ0) is 16.4. The molecule has 0 aliphatic carbocycles. The standard InChI is InChI=1S/C18H21N5O/c24-18(16-6-2-4-9-20-16)23-10-7-14-13(12-23)11-21-17(22-14)15-5-1-3-8-19-15/h2,4,6,9,11,15,19H,1,3,5,7-8,10,12H2/t15-/m1/s1. The van der Waals surface area contributed by atoms with E-state index in [9.17, 15) is 4.79 Å². The van der Waals surface area contributed by atoms with Crippen molar-refractivity contribution in [2.45, 2.75) is 38.3 Å². The van der Waals surface area contributed by atoms with Crippen LogP contribution in [0.1, 0.15) is 52.9 Å². The van der Waals surface area contributed by atoms with E-state index >= 15 is 0 Å². The van der Waals surface area contributed by atoms with Crippen molar-refractivity contribution < 1.29 is 4.79 Å². The molecule has 0 saturated carbocycles. The molecule has 2 aliphatic heterocycles. The Morgan fingerprint density at radius 2 is 2.21 bits per heavy atom. The first-order valence-electron chi connectivity index (χ1n) is 8.59. The first-order chi connectivity index (χ1) is 11.8. The molecule has 124 valence electrons. The molecule has 0 bridgehead atoms. The molecule has 24 heavy (non-hydrogen) atoms. The molecule has 1 amide bonds. The van der Waals surface area contributed by atoms with Crippen LogP contribution in [0.3, 0.4) is 0 Å². The monoisotopic (exact) mass is 323 g/mol. The fourth-order valence-electron chi connectivity index (χ4n) is 3.40. The van der Waals surface area contributed by atoms with Gasteiger partial charge >= 0.3 is 0 Å². The molecular formula is C18H21N5O. The lowest BCUT2D eigenvalue weighted by Gasteiger charge is -2.29. The summed E-state index contributed by atoms with van der Waals surface area (Å²) in [4.78, 5) is 27.8. The molecule has 0 aromatic carbocycles. The average Bonchev–Trinajstić information content (AvgIpc) is 2.68. The SMILES string of the molecule is O=C(c1ccccn1)N1CCc2nc([C@H]3CCCCN3)ncc2C1. The van der Waals surface area contributed by atoms with Gasteiger partial charge in [0, 0.05) is 37.5 Å². The highest BCUT2D eigenvalue weighted by Gasteiger charge is 2.25. The van der Waals surface area contributed by atoms with Crippen LogP contribution < -0.4 is 5.32 Å². The zero-order valence-corrected chi connectivity index (χ0v) is 13.6. The second kappa shape index (κ2) is 6.65. The van der Waals surface area contributed by atoms with Gasteiger partial charge in [0.25, 0.3) is 5.91 Å². The first kappa shape index (κ1) is 15.2. The van der Waals surface area contributed by atoms with E-state index in [-0.39, 0.29) is 11.9 Å². The van der Waals surface area contributed by atoms with Crippen molar-refractivity contribution in [1.82, 2.24) is 25.2 Å². The lowest BCUT2D eigenvalue weighted by atomic mass is 10.0. The van der Waals surface area contributed by atoms with E-state index in [0.717, 1.165) is 36.5 Å². The predicted molar refractivity (Wildman–Crippen MR) is 89.3 cm³/mol. The number of pyridine rings is 1. The van der Waals surface area contributed by atoms with E-state index in [1.165, 1.54) is 12.8 Å². The second-order valence-electron chi connectivity index (χ2n) is 6.39. The predicted octanol–water partition coefficient (Wildman–Crippen LogP) is 1.88. The summed E-state index contributed by atoms with van der Waals surface area (Å²) in [5.74, 6) is 0.872. The third kappa shape index (κ3) is 3.01. The van der Waals surface area contributed by atoms with Crippen LogP contribution in [0.25, 0.3) is 0 Å². The van der Waals surface area contributed by atoms with Gasteiger partial charge in [-0.05, 0) is 31.5 Å².